The highest BCUT2D eigenvalue weighted by atomic mass is 15.3. The molecule has 0 atom stereocenters. The Balaban J connectivity index is 1.37. The number of aromatic amines is 1. The molecular weight excluding hydrogens is 276 g/mol. The minimum Gasteiger partial charge on any atom is -0.353 e. The molecule has 22 heavy (non-hydrogen) atoms. The van der Waals surface area contributed by atoms with Crippen molar-refractivity contribution in [2.24, 2.45) is 0 Å². The molecule has 0 saturated carbocycles. The molecule has 0 radical (unpaired) electrons. The van der Waals surface area contributed by atoms with Gasteiger partial charge in [-0.25, -0.2) is 9.97 Å². The van der Waals surface area contributed by atoms with E-state index in [-0.39, 0.29) is 0 Å². The monoisotopic (exact) mass is 298 g/mol. The molecule has 0 bridgehead atoms. The van der Waals surface area contributed by atoms with Crippen LogP contribution in [0.5, 0.6) is 0 Å². The summed E-state index contributed by atoms with van der Waals surface area (Å²) >= 11 is 0. The first kappa shape index (κ1) is 13.7. The maximum atomic E-state index is 4.51. The molecule has 1 aliphatic heterocycles. The van der Waals surface area contributed by atoms with Crippen molar-refractivity contribution >= 4 is 5.82 Å². The number of rotatable bonds is 4. The second-order valence-electron chi connectivity index (χ2n) is 6.48. The van der Waals surface area contributed by atoms with E-state index in [2.05, 4.69) is 43.9 Å². The van der Waals surface area contributed by atoms with Gasteiger partial charge in [-0.3, -0.25) is 10.00 Å². The first-order chi connectivity index (χ1) is 10.7. The zero-order chi connectivity index (χ0) is 15.1. The number of H-pyrrole nitrogens is 1. The standard InChI is InChI=1S/C16H22N6/c1-11-6-17-10-18-16(11)22-7-12(8-22)21(2)9-15-13-4-3-5-14(13)19-20-15/h6,10,12H,3-5,7-9H2,1-2H3,(H,19,20). The van der Waals surface area contributed by atoms with E-state index in [9.17, 15) is 0 Å². The Morgan fingerprint density at radius 2 is 2.23 bits per heavy atom. The number of nitrogens with zero attached hydrogens (tertiary/aromatic N) is 5. The third-order valence-corrected chi connectivity index (χ3v) is 4.94. The molecule has 0 amide bonds. The number of hydrogen-bond acceptors (Lipinski definition) is 5. The van der Waals surface area contributed by atoms with Gasteiger partial charge in [0.25, 0.3) is 0 Å². The fourth-order valence-electron chi connectivity index (χ4n) is 3.51. The van der Waals surface area contributed by atoms with Crippen LogP contribution in [0.1, 0.15) is 28.9 Å². The predicted molar refractivity (Wildman–Crippen MR) is 84.8 cm³/mol. The number of aromatic nitrogens is 4. The molecule has 2 aromatic heterocycles. The molecule has 6 heteroatoms. The van der Waals surface area contributed by atoms with Crippen LogP contribution in [-0.2, 0) is 19.4 Å². The largest absolute Gasteiger partial charge is 0.353 e. The Bertz CT molecular complexity index is 673. The maximum absolute atomic E-state index is 4.51. The van der Waals surface area contributed by atoms with E-state index >= 15 is 0 Å². The molecular formula is C16H22N6. The quantitative estimate of drug-likeness (QED) is 0.922. The summed E-state index contributed by atoms with van der Waals surface area (Å²) < 4.78 is 0. The van der Waals surface area contributed by atoms with E-state index in [1.807, 2.05) is 6.20 Å². The Hall–Kier alpha value is -1.95. The molecule has 6 nitrogen and oxygen atoms in total. The van der Waals surface area contributed by atoms with Gasteiger partial charge in [-0.1, -0.05) is 0 Å². The molecule has 4 rings (SSSR count). The fourth-order valence-corrected chi connectivity index (χ4v) is 3.51. The van der Waals surface area contributed by atoms with Crippen molar-refractivity contribution in [1.82, 2.24) is 25.1 Å². The van der Waals surface area contributed by atoms with E-state index in [4.69, 9.17) is 0 Å². The lowest BCUT2D eigenvalue weighted by Gasteiger charge is -2.45. The highest BCUT2D eigenvalue weighted by Gasteiger charge is 2.32. The van der Waals surface area contributed by atoms with Crippen LogP contribution in [0.3, 0.4) is 0 Å². The lowest BCUT2D eigenvalue weighted by Crippen LogP contribution is -2.58. The molecule has 0 spiro atoms. The molecule has 1 saturated heterocycles. The molecule has 2 aliphatic rings. The van der Waals surface area contributed by atoms with Crippen molar-refractivity contribution in [3.05, 3.63) is 35.0 Å². The molecule has 2 aromatic rings. The number of nitrogens with one attached hydrogen (secondary N) is 1. The molecule has 116 valence electrons. The Morgan fingerprint density at radius 1 is 1.36 bits per heavy atom. The van der Waals surface area contributed by atoms with Crippen molar-refractivity contribution in [1.29, 1.82) is 0 Å². The van der Waals surface area contributed by atoms with E-state index in [0.717, 1.165) is 37.4 Å². The number of likely N-dealkylation sites (N-methyl/N-ethyl adjacent to an activating group) is 1. The molecule has 0 aromatic carbocycles. The van der Waals surface area contributed by atoms with Crippen molar-refractivity contribution in [3.63, 3.8) is 0 Å². The maximum Gasteiger partial charge on any atom is 0.134 e. The Labute approximate surface area is 130 Å². The molecule has 3 heterocycles. The molecule has 1 fully saturated rings. The van der Waals surface area contributed by atoms with Gasteiger partial charge in [-0.15, -0.1) is 0 Å². The van der Waals surface area contributed by atoms with Crippen LogP contribution in [0.25, 0.3) is 0 Å². The highest BCUT2D eigenvalue weighted by Crippen LogP contribution is 2.27. The number of aryl methyl sites for hydroxylation is 2. The normalized spacial score (nSPS) is 17.9. The summed E-state index contributed by atoms with van der Waals surface area (Å²) in [5.74, 6) is 1.07. The second-order valence-corrected chi connectivity index (χ2v) is 6.48. The van der Waals surface area contributed by atoms with Crippen LogP contribution in [0.4, 0.5) is 5.82 Å². The van der Waals surface area contributed by atoms with Gasteiger partial charge in [0.1, 0.15) is 12.1 Å². The van der Waals surface area contributed by atoms with Crippen LogP contribution < -0.4 is 4.90 Å². The smallest absolute Gasteiger partial charge is 0.134 e. The number of anilines is 1. The van der Waals surface area contributed by atoms with Crippen molar-refractivity contribution in [2.75, 3.05) is 25.0 Å². The summed E-state index contributed by atoms with van der Waals surface area (Å²) in [6, 6.07) is 0.572. The van der Waals surface area contributed by atoms with Gasteiger partial charge in [-0.2, -0.15) is 5.10 Å². The average Bonchev–Trinajstić information content (AvgIpc) is 3.04. The first-order valence-corrected chi connectivity index (χ1v) is 7.99. The van der Waals surface area contributed by atoms with Crippen LogP contribution >= 0.6 is 0 Å². The van der Waals surface area contributed by atoms with E-state index in [0.29, 0.717) is 6.04 Å². The summed E-state index contributed by atoms with van der Waals surface area (Å²) in [4.78, 5) is 13.2. The lowest BCUT2D eigenvalue weighted by atomic mass is 10.1. The summed E-state index contributed by atoms with van der Waals surface area (Å²) in [7, 11) is 2.20. The predicted octanol–water partition coefficient (Wildman–Crippen LogP) is 1.32. The van der Waals surface area contributed by atoms with Gasteiger partial charge in [0.2, 0.25) is 0 Å². The topological polar surface area (TPSA) is 60.9 Å². The minimum atomic E-state index is 0.572. The van der Waals surface area contributed by atoms with Gasteiger partial charge < -0.3 is 4.90 Å². The van der Waals surface area contributed by atoms with Gasteiger partial charge >= 0.3 is 0 Å². The Kier molecular flexibility index (Phi) is 3.33. The third-order valence-electron chi connectivity index (χ3n) is 4.94. The van der Waals surface area contributed by atoms with Crippen molar-refractivity contribution < 1.29 is 0 Å². The third kappa shape index (κ3) is 2.27. The highest BCUT2D eigenvalue weighted by molar-refractivity contribution is 5.47. The molecule has 1 aliphatic carbocycles. The molecule has 1 N–H and O–H groups in total. The van der Waals surface area contributed by atoms with Crippen molar-refractivity contribution in [3.8, 4) is 0 Å². The number of hydrogen-bond donors (Lipinski definition) is 1. The summed E-state index contributed by atoms with van der Waals surface area (Å²) in [6.07, 6.45) is 7.13. The van der Waals surface area contributed by atoms with Crippen LogP contribution in [0, 0.1) is 6.92 Å². The summed E-state index contributed by atoms with van der Waals surface area (Å²) in [5.41, 5.74) is 5.21. The van der Waals surface area contributed by atoms with Gasteiger partial charge in [-0.05, 0) is 38.8 Å². The van der Waals surface area contributed by atoms with Gasteiger partial charge in [0, 0.05) is 43.1 Å². The Morgan fingerprint density at radius 3 is 3.05 bits per heavy atom. The zero-order valence-electron chi connectivity index (χ0n) is 13.2. The van der Waals surface area contributed by atoms with E-state index < -0.39 is 0 Å². The van der Waals surface area contributed by atoms with E-state index in [1.54, 1.807) is 6.33 Å². The van der Waals surface area contributed by atoms with Crippen LogP contribution in [-0.4, -0.2) is 51.2 Å². The fraction of sp³-hybridized carbons (Fsp3) is 0.562. The zero-order valence-corrected chi connectivity index (χ0v) is 13.2. The second kappa shape index (κ2) is 5.35. The van der Waals surface area contributed by atoms with E-state index in [1.165, 1.54) is 29.8 Å². The lowest BCUT2D eigenvalue weighted by molar-refractivity contribution is 0.194. The van der Waals surface area contributed by atoms with Crippen LogP contribution in [0.15, 0.2) is 12.5 Å². The SMILES string of the molecule is Cc1cncnc1N1CC(N(C)Cc2n[nH]c3c2CCC3)C1. The van der Waals surface area contributed by atoms with Crippen molar-refractivity contribution in [2.45, 2.75) is 38.8 Å². The van der Waals surface area contributed by atoms with Gasteiger partial charge in [0.05, 0.1) is 5.69 Å². The minimum absolute atomic E-state index is 0.572. The summed E-state index contributed by atoms with van der Waals surface area (Å²) in [5, 5.41) is 7.71. The number of fused-ring (bicyclic) bond motifs is 1. The van der Waals surface area contributed by atoms with Gasteiger partial charge in [0.15, 0.2) is 0 Å². The summed E-state index contributed by atoms with van der Waals surface area (Å²) in [6.45, 7) is 5.06. The first-order valence-electron chi connectivity index (χ1n) is 7.99. The average molecular weight is 298 g/mol. The van der Waals surface area contributed by atoms with Crippen LogP contribution in [0.2, 0.25) is 0 Å². The molecule has 0 unspecified atom stereocenters.